The smallest absolute Gasteiger partial charge is 0.0826 e. The summed E-state index contributed by atoms with van der Waals surface area (Å²) in [6, 6.07) is 0. The van der Waals surface area contributed by atoms with Gasteiger partial charge in [-0.2, -0.15) is 0 Å². The average molecular weight is 226 g/mol. The molecule has 0 aromatic heterocycles. The Morgan fingerprint density at radius 2 is 2.12 bits per heavy atom. The molecule has 1 aliphatic carbocycles. The second kappa shape index (κ2) is 5.03. The van der Waals surface area contributed by atoms with Crippen molar-refractivity contribution < 1.29 is 4.74 Å². The van der Waals surface area contributed by atoms with Crippen LogP contribution in [0.15, 0.2) is 0 Å². The number of hydrogen-bond donors (Lipinski definition) is 1. The average Bonchev–Trinajstić information content (AvgIpc) is 2.87. The third-order valence-electron chi connectivity index (χ3n) is 4.15. The van der Waals surface area contributed by atoms with Crippen molar-refractivity contribution in [3.05, 3.63) is 0 Å². The molecule has 0 amide bonds. The standard InChI is InChI=1S/C13H26N2O/c1-4-15-5-6-16-12(10-15)9-14-8-11-7-13(11,2)3/h11-12,14H,4-10H2,1-3H3. The van der Waals surface area contributed by atoms with Gasteiger partial charge in [-0.25, -0.2) is 0 Å². The fourth-order valence-corrected chi connectivity index (χ4v) is 2.53. The third-order valence-corrected chi connectivity index (χ3v) is 4.15. The molecule has 0 radical (unpaired) electrons. The van der Waals surface area contributed by atoms with Crippen LogP contribution in [0.2, 0.25) is 0 Å². The number of likely N-dealkylation sites (N-methyl/N-ethyl adjacent to an activating group) is 1. The lowest BCUT2D eigenvalue weighted by Gasteiger charge is -2.32. The van der Waals surface area contributed by atoms with Crippen molar-refractivity contribution in [3.63, 3.8) is 0 Å². The molecule has 3 heteroatoms. The summed E-state index contributed by atoms with van der Waals surface area (Å²) in [4.78, 5) is 2.47. The van der Waals surface area contributed by atoms with Crippen molar-refractivity contribution in [2.45, 2.75) is 33.3 Å². The molecule has 2 aliphatic rings. The van der Waals surface area contributed by atoms with E-state index in [1.807, 2.05) is 0 Å². The molecule has 3 nitrogen and oxygen atoms in total. The van der Waals surface area contributed by atoms with Gasteiger partial charge in [-0.3, -0.25) is 4.90 Å². The van der Waals surface area contributed by atoms with E-state index in [1.165, 1.54) is 13.0 Å². The highest BCUT2D eigenvalue weighted by Gasteiger charge is 2.44. The first-order valence-electron chi connectivity index (χ1n) is 6.66. The zero-order valence-corrected chi connectivity index (χ0v) is 11.0. The first kappa shape index (κ1) is 12.3. The SMILES string of the molecule is CCN1CCOC(CNCC2CC2(C)C)C1. The highest BCUT2D eigenvalue weighted by atomic mass is 16.5. The van der Waals surface area contributed by atoms with Crippen LogP contribution < -0.4 is 5.32 Å². The van der Waals surface area contributed by atoms with E-state index in [0.717, 1.165) is 38.7 Å². The van der Waals surface area contributed by atoms with Crippen LogP contribution in [0.5, 0.6) is 0 Å². The summed E-state index contributed by atoms with van der Waals surface area (Å²) in [6.45, 7) is 13.4. The molecule has 2 unspecified atom stereocenters. The number of hydrogen-bond acceptors (Lipinski definition) is 3. The number of nitrogens with zero attached hydrogens (tertiary/aromatic N) is 1. The van der Waals surface area contributed by atoms with E-state index in [0.29, 0.717) is 11.5 Å². The van der Waals surface area contributed by atoms with E-state index in [4.69, 9.17) is 4.74 Å². The molecule has 2 atom stereocenters. The highest BCUT2D eigenvalue weighted by Crippen LogP contribution is 2.50. The maximum atomic E-state index is 5.76. The lowest BCUT2D eigenvalue weighted by Crippen LogP contribution is -2.46. The van der Waals surface area contributed by atoms with Crippen molar-refractivity contribution in [1.29, 1.82) is 0 Å². The summed E-state index contributed by atoms with van der Waals surface area (Å²) in [5.41, 5.74) is 0.593. The van der Waals surface area contributed by atoms with Crippen molar-refractivity contribution in [3.8, 4) is 0 Å². The van der Waals surface area contributed by atoms with Crippen LogP contribution in [-0.2, 0) is 4.74 Å². The Balaban J connectivity index is 1.59. The zero-order valence-electron chi connectivity index (χ0n) is 11.0. The molecule has 1 heterocycles. The summed E-state index contributed by atoms with van der Waals surface area (Å²) in [7, 11) is 0. The number of nitrogens with one attached hydrogen (secondary N) is 1. The summed E-state index contributed by atoms with van der Waals surface area (Å²) >= 11 is 0. The fraction of sp³-hybridized carbons (Fsp3) is 1.00. The quantitative estimate of drug-likeness (QED) is 0.766. The van der Waals surface area contributed by atoms with Crippen LogP contribution in [0, 0.1) is 11.3 Å². The van der Waals surface area contributed by atoms with Gasteiger partial charge in [0, 0.05) is 19.6 Å². The summed E-state index contributed by atoms with van der Waals surface area (Å²) in [5.74, 6) is 0.887. The maximum Gasteiger partial charge on any atom is 0.0826 e. The molecule has 1 N–H and O–H groups in total. The minimum Gasteiger partial charge on any atom is -0.374 e. The third kappa shape index (κ3) is 3.19. The van der Waals surface area contributed by atoms with Crippen LogP contribution >= 0.6 is 0 Å². The first-order valence-corrected chi connectivity index (χ1v) is 6.66. The molecule has 1 saturated carbocycles. The molecule has 2 rings (SSSR count). The molecule has 0 spiro atoms. The van der Waals surface area contributed by atoms with Crippen molar-refractivity contribution in [2.24, 2.45) is 11.3 Å². The van der Waals surface area contributed by atoms with Gasteiger partial charge in [0.05, 0.1) is 12.7 Å². The van der Waals surface area contributed by atoms with Crippen LogP contribution in [-0.4, -0.2) is 50.3 Å². The predicted molar refractivity (Wildman–Crippen MR) is 66.6 cm³/mol. The minimum atomic E-state index is 0.399. The lowest BCUT2D eigenvalue weighted by atomic mass is 10.1. The molecule has 16 heavy (non-hydrogen) atoms. The van der Waals surface area contributed by atoms with E-state index in [2.05, 4.69) is 31.0 Å². The first-order chi connectivity index (χ1) is 7.62. The molecule has 94 valence electrons. The van der Waals surface area contributed by atoms with Gasteiger partial charge in [-0.15, -0.1) is 0 Å². The van der Waals surface area contributed by atoms with Crippen LogP contribution in [0.1, 0.15) is 27.2 Å². The summed E-state index contributed by atoms with van der Waals surface area (Å²) in [5, 5.41) is 3.57. The van der Waals surface area contributed by atoms with Gasteiger partial charge in [-0.05, 0) is 30.8 Å². The largest absolute Gasteiger partial charge is 0.374 e. The number of morpholine rings is 1. The molecule has 1 aliphatic heterocycles. The van der Waals surface area contributed by atoms with E-state index in [9.17, 15) is 0 Å². The molecular formula is C13H26N2O. The predicted octanol–water partition coefficient (Wildman–Crippen LogP) is 1.34. The van der Waals surface area contributed by atoms with E-state index in [-0.39, 0.29) is 0 Å². The molecule has 1 saturated heterocycles. The topological polar surface area (TPSA) is 24.5 Å². The molecule has 2 fully saturated rings. The lowest BCUT2D eigenvalue weighted by molar-refractivity contribution is -0.0253. The molecule has 0 aromatic carbocycles. The van der Waals surface area contributed by atoms with Gasteiger partial charge in [-0.1, -0.05) is 20.8 Å². The van der Waals surface area contributed by atoms with Crippen molar-refractivity contribution in [1.82, 2.24) is 10.2 Å². The van der Waals surface area contributed by atoms with Gasteiger partial charge in [0.25, 0.3) is 0 Å². The fourth-order valence-electron chi connectivity index (χ4n) is 2.53. The van der Waals surface area contributed by atoms with Crippen molar-refractivity contribution in [2.75, 3.05) is 39.3 Å². The van der Waals surface area contributed by atoms with Gasteiger partial charge in [0.1, 0.15) is 0 Å². The molecule has 0 aromatic rings. The van der Waals surface area contributed by atoms with E-state index in [1.54, 1.807) is 0 Å². The molecular weight excluding hydrogens is 200 g/mol. The Hall–Kier alpha value is -0.120. The maximum absolute atomic E-state index is 5.76. The number of ether oxygens (including phenoxy) is 1. The number of rotatable bonds is 5. The normalized spacial score (nSPS) is 33.9. The van der Waals surface area contributed by atoms with Crippen LogP contribution in [0.25, 0.3) is 0 Å². The Labute approximate surface area is 99.5 Å². The second-order valence-corrected chi connectivity index (χ2v) is 5.93. The summed E-state index contributed by atoms with van der Waals surface area (Å²) < 4.78 is 5.76. The Morgan fingerprint density at radius 3 is 2.75 bits per heavy atom. The van der Waals surface area contributed by atoms with Crippen LogP contribution in [0.3, 0.4) is 0 Å². The van der Waals surface area contributed by atoms with Gasteiger partial charge in [0.15, 0.2) is 0 Å². The molecule has 0 bridgehead atoms. The van der Waals surface area contributed by atoms with Crippen molar-refractivity contribution >= 4 is 0 Å². The van der Waals surface area contributed by atoms with E-state index < -0.39 is 0 Å². The Kier molecular flexibility index (Phi) is 3.88. The minimum absolute atomic E-state index is 0.399. The zero-order chi connectivity index (χ0) is 11.6. The van der Waals surface area contributed by atoms with Gasteiger partial charge < -0.3 is 10.1 Å². The van der Waals surface area contributed by atoms with Gasteiger partial charge >= 0.3 is 0 Å². The van der Waals surface area contributed by atoms with Gasteiger partial charge in [0.2, 0.25) is 0 Å². The Bertz CT molecular complexity index is 230. The summed E-state index contributed by atoms with van der Waals surface area (Å²) in [6.07, 6.45) is 1.78. The van der Waals surface area contributed by atoms with E-state index >= 15 is 0 Å². The Morgan fingerprint density at radius 1 is 1.38 bits per heavy atom. The highest BCUT2D eigenvalue weighted by molar-refractivity contribution is 4.96. The monoisotopic (exact) mass is 226 g/mol. The second-order valence-electron chi connectivity index (χ2n) is 5.93. The van der Waals surface area contributed by atoms with Crippen LogP contribution in [0.4, 0.5) is 0 Å².